The molecule has 0 bridgehead atoms. The third-order valence-corrected chi connectivity index (χ3v) is 10.8. The van der Waals surface area contributed by atoms with Crippen molar-refractivity contribution < 1.29 is 35.8 Å². The van der Waals surface area contributed by atoms with Crippen LogP contribution in [0.4, 0.5) is 5.82 Å². The van der Waals surface area contributed by atoms with Crippen LogP contribution in [0.15, 0.2) is 101 Å². The fourth-order valence-electron chi connectivity index (χ4n) is 4.49. The van der Waals surface area contributed by atoms with Crippen molar-refractivity contribution in [2.45, 2.75) is 9.79 Å². The van der Waals surface area contributed by atoms with Gasteiger partial charge in [-0.2, -0.15) is 16.8 Å². The van der Waals surface area contributed by atoms with E-state index < -0.39 is 20.0 Å². The summed E-state index contributed by atoms with van der Waals surface area (Å²) in [5, 5.41) is 4.76. The summed E-state index contributed by atoms with van der Waals surface area (Å²) >= 11 is 5.83. The molecule has 0 fully saturated rings. The first-order valence-electron chi connectivity index (χ1n) is 13.3. The van der Waals surface area contributed by atoms with E-state index in [0.29, 0.717) is 25.8 Å². The summed E-state index contributed by atoms with van der Waals surface area (Å²) < 4.78 is 81.2. The topological polar surface area (TPSA) is 152 Å². The fourth-order valence-corrected chi connectivity index (χ4v) is 8.39. The first-order chi connectivity index (χ1) is 21.7. The molecule has 5 aromatic rings. The van der Waals surface area contributed by atoms with Gasteiger partial charge in [0.2, 0.25) is 12.7 Å². The van der Waals surface area contributed by atoms with E-state index in [1.807, 2.05) is 0 Å². The van der Waals surface area contributed by atoms with Crippen LogP contribution in [0, 0.1) is 0 Å². The van der Waals surface area contributed by atoms with E-state index in [0.717, 1.165) is 4.68 Å². The highest BCUT2D eigenvalue weighted by Crippen LogP contribution is 2.45. The summed E-state index contributed by atoms with van der Waals surface area (Å²) in [7, 11) is -8.09. The Hall–Kier alpha value is -4.86. The number of aryl methyl sites for hydroxylation is 1. The van der Waals surface area contributed by atoms with Crippen molar-refractivity contribution in [2.75, 3.05) is 23.7 Å². The molecule has 0 radical (unpaired) electrons. The molecule has 1 aliphatic rings. The Bertz CT molecular complexity index is 1970. The van der Waals surface area contributed by atoms with Crippen LogP contribution in [0.3, 0.4) is 0 Å². The Kier molecular flexibility index (Phi) is 8.22. The zero-order chi connectivity index (χ0) is 31.6. The molecule has 0 aliphatic carbocycles. The molecule has 45 heavy (non-hydrogen) atoms. The standard InChI is InChI=1S/C29H24ClN5O8S2/c1-34-28(35(44(36,37)22-8-4-2-5-9-22)45(38,39)23-10-6-3-7-11-23)26(20-12-13-24-25(16-20)43-19-42-24)27(33-34)40-14-15-41-29-31-17-21(30)18-32-29/h2-13,16-18H,14-15,19H2,1H3. The fraction of sp³-hybridized carbons (Fsp3) is 0.138. The van der Waals surface area contributed by atoms with Gasteiger partial charge in [-0.1, -0.05) is 54.1 Å². The Morgan fingerprint density at radius 2 is 1.40 bits per heavy atom. The predicted molar refractivity (Wildman–Crippen MR) is 163 cm³/mol. The second-order valence-corrected chi connectivity index (χ2v) is 13.7. The van der Waals surface area contributed by atoms with Crippen molar-refractivity contribution in [1.29, 1.82) is 0 Å². The van der Waals surface area contributed by atoms with Gasteiger partial charge in [-0.3, -0.25) is 0 Å². The van der Waals surface area contributed by atoms with Crippen molar-refractivity contribution in [2.24, 2.45) is 7.05 Å². The third kappa shape index (κ3) is 5.96. The molecule has 13 nitrogen and oxygen atoms in total. The van der Waals surface area contributed by atoms with Gasteiger partial charge in [-0.15, -0.1) is 8.81 Å². The molecule has 3 heterocycles. The van der Waals surface area contributed by atoms with Gasteiger partial charge in [0.05, 0.1) is 32.8 Å². The molecule has 0 spiro atoms. The van der Waals surface area contributed by atoms with Crippen LogP contribution in [-0.2, 0) is 27.1 Å². The molecule has 232 valence electrons. The molecule has 0 N–H and O–H groups in total. The van der Waals surface area contributed by atoms with Gasteiger partial charge < -0.3 is 18.9 Å². The minimum Gasteiger partial charge on any atom is -0.472 e. The van der Waals surface area contributed by atoms with Crippen molar-refractivity contribution in [3.63, 3.8) is 0 Å². The number of aromatic nitrogens is 4. The molecule has 0 amide bonds. The van der Waals surface area contributed by atoms with Gasteiger partial charge in [0.25, 0.3) is 20.0 Å². The van der Waals surface area contributed by atoms with Crippen LogP contribution in [0.5, 0.6) is 23.4 Å². The van der Waals surface area contributed by atoms with E-state index >= 15 is 0 Å². The Morgan fingerprint density at radius 1 is 0.822 bits per heavy atom. The number of hydrogen-bond donors (Lipinski definition) is 0. The third-order valence-electron chi connectivity index (χ3n) is 6.49. The number of ether oxygens (including phenoxy) is 4. The molecular formula is C29H24ClN5O8S2. The number of hydrogen-bond acceptors (Lipinski definition) is 11. The first-order valence-corrected chi connectivity index (χ1v) is 16.5. The average Bonchev–Trinajstić information content (AvgIpc) is 3.64. The van der Waals surface area contributed by atoms with Gasteiger partial charge in [0.15, 0.2) is 17.3 Å². The van der Waals surface area contributed by atoms with E-state index in [1.165, 1.54) is 68.0 Å². The number of sulfonamides is 2. The number of halogens is 1. The highest BCUT2D eigenvalue weighted by atomic mass is 35.5. The van der Waals surface area contributed by atoms with Gasteiger partial charge in [-0.05, 0) is 42.0 Å². The number of fused-ring (bicyclic) bond motifs is 1. The molecule has 0 saturated heterocycles. The molecule has 0 atom stereocenters. The van der Waals surface area contributed by atoms with Crippen molar-refractivity contribution in [3.8, 4) is 34.5 Å². The first kappa shape index (κ1) is 30.2. The highest BCUT2D eigenvalue weighted by molar-refractivity contribution is 8.10. The summed E-state index contributed by atoms with van der Waals surface area (Å²) in [6, 6.07) is 19.4. The van der Waals surface area contributed by atoms with Gasteiger partial charge in [0.1, 0.15) is 13.2 Å². The quantitative estimate of drug-likeness (QED) is 0.185. The van der Waals surface area contributed by atoms with E-state index in [9.17, 15) is 16.8 Å². The molecule has 3 aromatic carbocycles. The lowest BCUT2D eigenvalue weighted by atomic mass is 10.1. The lowest BCUT2D eigenvalue weighted by Crippen LogP contribution is -2.38. The number of nitrogens with zero attached hydrogens (tertiary/aromatic N) is 5. The number of rotatable bonds is 11. The van der Waals surface area contributed by atoms with Gasteiger partial charge in [0, 0.05) is 7.05 Å². The molecule has 2 aromatic heterocycles. The highest BCUT2D eigenvalue weighted by Gasteiger charge is 2.42. The molecule has 0 saturated carbocycles. The van der Waals surface area contributed by atoms with Gasteiger partial charge in [-0.25, -0.2) is 14.6 Å². The van der Waals surface area contributed by atoms with Crippen LogP contribution in [0.1, 0.15) is 0 Å². The largest absolute Gasteiger partial charge is 0.472 e. The lowest BCUT2D eigenvalue weighted by molar-refractivity contribution is 0.174. The summed E-state index contributed by atoms with van der Waals surface area (Å²) in [6.07, 6.45) is 2.75. The van der Waals surface area contributed by atoms with E-state index in [4.69, 9.17) is 30.5 Å². The van der Waals surface area contributed by atoms with Crippen molar-refractivity contribution in [1.82, 2.24) is 19.7 Å². The van der Waals surface area contributed by atoms with Crippen LogP contribution >= 0.6 is 11.6 Å². The minimum atomic E-state index is -4.75. The Balaban J connectivity index is 1.49. The molecule has 16 heteroatoms. The lowest BCUT2D eigenvalue weighted by Gasteiger charge is -2.25. The van der Waals surface area contributed by atoms with Crippen LogP contribution in [0.25, 0.3) is 11.1 Å². The van der Waals surface area contributed by atoms with Crippen LogP contribution in [0.2, 0.25) is 5.02 Å². The molecular weight excluding hydrogens is 646 g/mol. The normalized spacial score (nSPS) is 12.6. The predicted octanol–water partition coefficient (Wildman–Crippen LogP) is 4.30. The van der Waals surface area contributed by atoms with Crippen molar-refractivity contribution in [3.05, 3.63) is 96.3 Å². The second-order valence-electron chi connectivity index (χ2n) is 9.41. The maximum Gasteiger partial charge on any atom is 0.316 e. The number of anilines is 1. The maximum absolute atomic E-state index is 14.3. The summed E-state index contributed by atoms with van der Waals surface area (Å²) in [5.41, 5.74) is 0.424. The van der Waals surface area contributed by atoms with E-state index in [2.05, 4.69) is 15.1 Å². The monoisotopic (exact) mass is 669 g/mol. The molecule has 0 unspecified atom stereocenters. The number of benzene rings is 3. The van der Waals surface area contributed by atoms with E-state index in [-0.39, 0.29) is 53.1 Å². The second kappa shape index (κ2) is 12.3. The van der Waals surface area contributed by atoms with Crippen LogP contribution < -0.4 is 22.7 Å². The smallest absolute Gasteiger partial charge is 0.316 e. The Morgan fingerprint density at radius 3 is 2.02 bits per heavy atom. The summed E-state index contributed by atoms with van der Waals surface area (Å²) in [5.74, 6) is 0.482. The molecule has 1 aliphatic heterocycles. The zero-order valence-electron chi connectivity index (χ0n) is 23.5. The van der Waals surface area contributed by atoms with Gasteiger partial charge >= 0.3 is 6.01 Å². The minimum absolute atomic E-state index is 0.0109. The summed E-state index contributed by atoms with van der Waals surface area (Å²) in [6.45, 7) is -0.123. The maximum atomic E-state index is 14.3. The Labute approximate surface area is 263 Å². The average molecular weight is 670 g/mol. The molecule has 6 rings (SSSR count). The SMILES string of the molecule is Cn1nc(OCCOc2ncc(Cl)cn2)c(-c2ccc3c(c2)OCO3)c1N(S(=O)(=O)c1ccccc1)S(=O)(=O)c1ccccc1. The van der Waals surface area contributed by atoms with Crippen LogP contribution in [-0.4, -0.2) is 56.6 Å². The van der Waals surface area contributed by atoms with E-state index in [1.54, 1.807) is 30.3 Å². The van der Waals surface area contributed by atoms with Crippen molar-refractivity contribution >= 4 is 37.5 Å². The zero-order valence-corrected chi connectivity index (χ0v) is 25.9. The summed E-state index contributed by atoms with van der Waals surface area (Å²) in [4.78, 5) is 7.44.